The van der Waals surface area contributed by atoms with Gasteiger partial charge in [-0.15, -0.1) is 0 Å². The maximum Gasteiger partial charge on any atom is 0.174 e. The molecule has 0 unspecified atom stereocenters. The largest absolute Gasteiger partial charge is 0.479 e. The van der Waals surface area contributed by atoms with E-state index in [9.17, 15) is 0 Å². The molecule has 1 N–H and O–H groups in total. The fourth-order valence-corrected chi connectivity index (χ4v) is 4.40. The molecule has 0 saturated heterocycles. The Morgan fingerprint density at radius 2 is 2.00 bits per heavy atom. The predicted molar refractivity (Wildman–Crippen MR) is 100 cm³/mol. The van der Waals surface area contributed by atoms with E-state index >= 15 is 0 Å². The van der Waals surface area contributed by atoms with E-state index in [1.165, 1.54) is 11.1 Å². The van der Waals surface area contributed by atoms with Gasteiger partial charge in [0, 0.05) is 10.9 Å². The third kappa shape index (κ3) is 2.97. The molecular formula is C20H16Cl2N2O. The number of hydrogen-bond donors (Lipinski definition) is 1. The molecule has 0 amide bonds. The Balaban J connectivity index is 1.68. The van der Waals surface area contributed by atoms with Gasteiger partial charge in [0.05, 0.1) is 16.8 Å². The molecule has 5 heteroatoms. The molecular weight excluding hydrogens is 355 g/mol. The number of rotatable bonds is 3. The van der Waals surface area contributed by atoms with Gasteiger partial charge in [-0.25, -0.2) is 0 Å². The number of fused-ring (bicyclic) bond motifs is 3. The summed E-state index contributed by atoms with van der Waals surface area (Å²) in [5.74, 6) is 1.44. The van der Waals surface area contributed by atoms with Crippen LogP contribution in [0.2, 0.25) is 10.0 Å². The first-order chi connectivity index (χ1) is 12.2. The summed E-state index contributed by atoms with van der Waals surface area (Å²) in [5, 5.41) is 13.6. The highest BCUT2D eigenvalue weighted by atomic mass is 35.5. The van der Waals surface area contributed by atoms with E-state index in [2.05, 4.69) is 29.6 Å². The van der Waals surface area contributed by atoms with Gasteiger partial charge in [-0.2, -0.15) is 5.26 Å². The van der Waals surface area contributed by atoms with Crippen molar-refractivity contribution in [3.8, 4) is 11.8 Å². The van der Waals surface area contributed by atoms with Gasteiger partial charge in [-0.3, -0.25) is 0 Å². The van der Waals surface area contributed by atoms with Crippen LogP contribution in [0.3, 0.4) is 0 Å². The van der Waals surface area contributed by atoms with Crippen LogP contribution in [0.25, 0.3) is 0 Å². The molecule has 0 spiro atoms. The van der Waals surface area contributed by atoms with Crippen molar-refractivity contribution in [2.75, 3.05) is 11.9 Å². The topological polar surface area (TPSA) is 45.0 Å². The summed E-state index contributed by atoms with van der Waals surface area (Å²) in [7, 11) is 0. The van der Waals surface area contributed by atoms with Crippen LogP contribution < -0.4 is 10.1 Å². The van der Waals surface area contributed by atoms with Crippen molar-refractivity contribution in [2.45, 2.75) is 18.4 Å². The number of nitrogens with zero attached hydrogens (tertiary/aromatic N) is 1. The minimum atomic E-state index is 0.0549. The zero-order valence-corrected chi connectivity index (χ0v) is 14.9. The van der Waals surface area contributed by atoms with Crippen molar-refractivity contribution in [1.29, 1.82) is 5.26 Å². The highest BCUT2D eigenvalue weighted by Gasteiger charge is 2.38. The summed E-state index contributed by atoms with van der Waals surface area (Å²) in [5.41, 5.74) is 3.31. The number of halogens is 2. The fourth-order valence-electron chi connectivity index (χ4n) is 3.84. The second-order valence-corrected chi connectivity index (χ2v) is 7.19. The molecule has 25 heavy (non-hydrogen) atoms. The molecule has 1 heterocycles. The maximum atomic E-state index is 8.61. The molecule has 2 aliphatic rings. The lowest BCUT2D eigenvalue weighted by atomic mass is 9.77. The van der Waals surface area contributed by atoms with Crippen molar-refractivity contribution < 1.29 is 4.74 Å². The van der Waals surface area contributed by atoms with Gasteiger partial charge in [0.25, 0.3) is 0 Å². The third-order valence-corrected chi connectivity index (χ3v) is 5.44. The molecule has 1 aliphatic carbocycles. The fraction of sp³-hybridized carbons (Fsp3) is 0.250. The number of allylic oxidation sites excluding steroid dienone is 2. The molecule has 0 fully saturated rings. The number of hydrogen-bond acceptors (Lipinski definition) is 3. The van der Waals surface area contributed by atoms with Gasteiger partial charge in [-0.1, -0.05) is 47.5 Å². The number of anilines is 1. The van der Waals surface area contributed by atoms with Gasteiger partial charge in [-0.05, 0) is 47.7 Å². The standard InChI is InChI=1S/C20H16Cl2N2O/c21-13-10-17-15-2-1-3-16(15)19(24-20(17)18(22)11-13)12-4-6-14(7-5-12)25-9-8-23/h1-2,4-7,10-11,15-16,19,24H,3,9H2/t15-,16+,19-/m0/s1. The van der Waals surface area contributed by atoms with Crippen LogP contribution in [0, 0.1) is 17.2 Å². The van der Waals surface area contributed by atoms with Crippen molar-refractivity contribution in [3.05, 3.63) is 69.7 Å². The van der Waals surface area contributed by atoms with Crippen molar-refractivity contribution in [2.24, 2.45) is 5.92 Å². The van der Waals surface area contributed by atoms with Crippen LogP contribution in [0.4, 0.5) is 5.69 Å². The second kappa shape index (κ2) is 6.63. The molecule has 0 saturated carbocycles. The Labute approximate surface area is 156 Å². The lowest BCUT2D eigenvalue weighted by molar-refractivity contribution is 0.367. The zero-order chi connectivity index (χ0) is 17.4. The highest BCUT2D eigenvalue weighted by molar-refractivity contribution is 6.36. The van der Waals surface area contributed by atoms with E-state index in [0.29, 0.717) is 27.6 Å². The minimum Gasteiger partial charge on any atom is -0.479 e. The van der Waals surface area contributed by atoms with Crippen LogP contribution in [-0.4, -0.2) is 6.61 Å². The Morgan fingerprint density at radius 1 is 1.20 bits per heavy atom. The van der Waals surface area contributed by atoms with E-state index < -0.39 is 0 Å². The summed E-state index contributed by atoms with van der Waals surface area (Å²) < 4.78 is 5.34. The van der Waals surface area contributed by atoms with Crippen LogP contribution in [0.15, 0.2) is 48.6 Å². The van der Waals surface area contributed by atoms with Gasteiger partial charge in [0.15, 0.2) is 6.61 Å². The van der Waals surface area contributed by atoms with E-state index in [0.717, 1.165) is 12.1 Å². The van der Waals surface area contributed by atoms with Crippen LogP contribution in [0.1, 0.15) is 29.5 Å². The SMILES string of the molecule is N#CCOc1ccc([C@@H]2Nc3c(Cl)cc(Cl)cc3[C@H]3C=CC[C@H]32)cc1. The first kappa shape index (κ1) is 16.3. The average molecular weight is 371 g/mol. The Kier molecular flexibility index (Phi) is 4.33. The molecule has 126 valence electrons. The average Bonchev–Trinajstić information content (AvgIpc) is 3.10. The first-order valence-electron chi connectivity index (χ1n) is 8.19. The Bertz CT molecular complexity index is 871. The van der Waals surface area contributed by atoms with E-state index in [-0.39, 0.29) is 12.6 Å². The summed E-state index contributed by atoms with van der Waals surface area (Å²) >= 11 is 12.7. The van der Waals surface area contributed by atoms with E-state index in [1.807, 2.05) is 24.3 Å². The third-order valence-electron chi connectivity index (χ3n) is 4.93. The summed E-state index contributed by atoms with van der Waals surface area (Å²) in [6, 6.07) is 13.8. The number of nitrogens with one attached hydrogen (secondary N) is 1. The Morgan fingerprint density at radius 3 is 2.76 bits per heavy atom. The molecule has 2 aromatic rings. The van der Waals surface area contributed by atoms with Gasteiger partial charge in [0.1, 0.15) is 11.8 Å². The lowest BCUT2D eigenvalue weighted by Gasteiger charge is -2.38. The molecule has 0 bridgehead atoms. The summed E-state index contributed by atoms with van der Waals surface area (Å²) in [4.78, 5) is 0. The van der Waals surface area contributed by atoms with Gasteiger partial charge < -0.3 is 10.1 Å². The van der Waals surface area contributed by atoms with Gasteiger partial charge >= 0.3 is 0 Å². The molecule has 2 aromatic carbocycles. The Hall–Kier alpha value is -2.15. The maximum absolute atomic E-state index is 8.61. The quantitative estimate of drug-likeness (QED) is 0.702. The zero-order valence-electron chi connectivity index (χ0n) is 13.4. The van der Waals surface area contributed by atoms with E-state index in [1.54, 1.807) is 6.07 Å². The number of nitriles is 1. The highest BCUT2D eigenvalue weighted by Crippen LogP contribution is 2.52. The van der Waals surface area contributed by atoms with Gasteiger partial charge in [0.2, 0.25) is 0 Å². The molecule has 3 nitrogen and oxygen atoms in total. The molecule has 3 atom stereocenters. The normalized spacial score (nSPS) is 23.3. The van der Waals surface area contributed by atoms with Crippen molar-refractivity contribution in [3.63, 3.8) is 0 Å². The summed E-state index contributed by atoms with van der Waals surface area (Å²) in [6.07, 6.45) is 5.51. The second-order valence-electron chi connectivity index (χ2n) is 6.34. The summed E-state index contributed by atoms with van der Waals surface area (Å²) in [6.45, 7) is 0.0549. The lowest BCUT2D eigenvalue weighted by Crippen LogP contribution is -2.29. The molecule has 4 rings (SSSR count). The number of ether oxygens (including phenoxy) is 1. The van der Waals surface area contributed by atoms with Crippen LogP contribution in [0.5, 0.6) is 5.75 Å². The molecule has 0 radical (unpaired) electrons. The van der Waals surface area contributed by atoms with Crippen molar-refractivity contribution >= 4 is 28.9 Å². The van der Waals surface area contributed by atoms with Crippen LogP contribution >= 0.6 is 23.2 Å². The smallest absolute Gasteiger partial charge is 0.174 e. The predicted octanol–water partition coefficient (Wildman–Crippen LogP) is 5.72. The monoisotopic (exact) mass is 370 g/mol. The van der Waals surface area contributed by atoms with Crippen LogP contribution in [-0.2, 0) is 0 Å². The molecule has 1 aliphatic heterocycles. The van der Waals surface area contributed by atoms with Crippen molar-refractivity contribution in [1.82, 2.24) is 0 Å². The first-order valence-corrected chi connectivity index (χ1v) is 8.95. The van der Waals surface area contributed by atoms with E-state index in [4.69, 9.17) is 33.2 Å². The molecule has 0 aromatic heterocycles. The minimum absolute atomic E-state index is 0.0549. The number of benzene rings is 2.